The van der Waals surface area contributed by atoms with E-state index >= 15 is 0 Å². The second-order valence-corrected chi connectivity index (χ2v) is 11.5. The first-order valence-electron chi connectivity index (χ1n) is 13.3. The van der Waals surface area contributed by atoms with Gasteiger partial charge in [0.05, 0.1) is 25.4 Å². The van der Waals surface area contributed by atoms with Crippen LogP contribution in [0.2, 0.25) is 5.02 Å². The quantitative estimate of drug-likeness (QED) is 0.234. The Labute approximate surface area is 244 Å². The highest BCUT2D eigenvalue weighted by molar-refractivity contribution is 6.31. The second-order valence-electron chi connectivity index (χ2n) is 11.0. The molecule has 2 aromatic carbocycles. The van der Waals surface area contributed by atoms with Crippen molar-refractivity contribution < 1.29 is 23.8 Å². The Kier molecular flexibility index (Phi) is 8.87. The first kappa shape index (κ1) is 29.9. The van der Waals surface area contributed by atoms with E-state index in [9.17, 15) is 9.59 Å². The number of carbonyl (C=O) groups excluding carboxylic acids is 2. The Morgan fingerprint density at radius 1 is 1.05 bits per heavy atom. The molecule has 2 heterocycles. The molecule has 0 aliphatic heterocycles. The monoisotopic (exact) mass is 578 g/mol. The summed E-state index contributed by atoms with van der Waals surface area (Å²) in [6.45, 7) is 9.33. The molecule has 2 aromatic heterocycles. The molecular weight excluding hydrogens is 544 g/mol. The molecule has 0 aliphatic carbocycles. The van der Waals surface area contributed by atoms with Crippen molar-refractivity contribution in [2.45, 2.75) is 52.7 Å². The number of methoxy groups -OCH3 is 2. The highest BCUT2D eigenvalue weighted by Crippen LogP contribution is 2.39. The third-order valence-corrected chi connectivity index (χ3v) is 6.47. The smallest absolute Gasteiger partial charge is 0.329 e. The summed E-state index contributed by atoms with van der Waals surface area (Å²) < 4.78 is 18.7. The van der Waals surface area contributed by atoms with Gasteiger partial charge in [-0.25, -0.2) is 9.78 Å². The number of esters is 1. The summed E-state index contributed by atoms with van der Waals surface area (Å²) in [6, 6.07) is 11.8. The van der Waals surface area contributed by atoms with E-state index in [1.54, 1.807) is 76.2 Å². The van der Waals surface area contributed by atoms with Gasteiger partial charge in [-0.15, -0.1) is 0 Å². The minimum atomic E-state index is -0.847. The number of carbonyl (C=O) groups is 2. The van der Waals surface area contributed by atoms with Gasteiger partial charge < -0.3 is 19.5 Å². The number of pyridine rings is 1. The normalized spacial score (nSPS) is 12.3. The van der Waals surface area contributed by atoms with Gasteiger partial charge in [0.15, 0.2) is 5.82 Å². The molecule has 10 heteroatoms. The van der Waals surface area contributed by atoms with Crippen molar-refractivity contribution in [3.05, 3.63) is 65.6 Å². The van der Waals surface area contributed by atoms with Crippen molar-refractivity contribution >= 4 is 34.4 Å². The molecular formula is C31H35ClN4O5. The third kappa shape index (κ3) is 6.79. The Hall–Kier alpha value is -4.11. The Bertz CT molecular complexity index is 1550. The number of fused-ring (bicyclic) bond motifs is 1. The van der Waals surface area contributed by atoms with Crippen LogP contribution in [0.5, 0.6) is 11.5 Å². The lowest BCUT2D eigenvalue weighted by atomic mass is 10.0. The number of benzene rings is 2. The zero-order chi connectivity index (χ0) is 29.9. The molecule has 0 spiro atoms. The van der Waals surface area contributed by atoms with E-state index in [0.29, 0.717) is 45.5 Å². The number of nitrogens with one attached hydrogen (secondary N) is 1. The average Bonchev–Trinajstić information content (AvgIpc) is 3.35. The molecule has 0 aliphatic rings. The second kappa shape index (κ2) is 12.2. The Balaban J connectivity index is 1.87. The molecule has 4 rings (SSSR count). The maximum Gasteiger partial charge on any atom is 0.329 e. The molecule has 0 unspecified atom stereocenters. The van der Waals surface area contributed by atoms with E-state index < -0.39 is 23.5 Å². The number of halogens is 1. The van der Waals surface area contributed by atoms with Gasteiger partial charge in [-0.2, -0.15) is 0 Å². The van der Waals surface area contributed by atoms with Crippen molar-refractivity contribution in [1.82, 2.24) is 19.9 Å². The number of ether oxygens (including phenoxy) is 3. The molecule has 9 nitrogen and oxygen atoms in total. The van der Waals surface area contributed by atoms with Crippen LogP contribution in [0.15, 0.2) is 54.9 Å². The zero-order valence-electron chi connectivity index (χ0n) is 24.3. The van der Waals surface area contributed by atoms with E-state index in [-0.39, 0.29) is 11.6 Å². The third-order valence-electron chi connectivity index (χ3n) is 6.24. The van der Waals surface area contributed by atoms with Crippen LogP contribution < -0.4 is 14.8 Å². The van der Waals surface area contributed by atoms with Crippen molar-refractivity contribution in [2.24, 2.45) is 5.92 Å². The summed E-state index contributed by atoms with van der Waals surface area (Å²) in [7, 11) is 3.11. The molecule has 1 atom stereocenters. The van der Waals surface area contributed by atoms with Gasteiger partial charge in [0.25, 0.3) is 5.91 Å². The van der Waals surface area contributed by atoms with Crippen LogP contribution in [0.3, 0.4) is 0 Å². The van der Waals surface area contributed by atoms with Gasteiger partial charge >= 0.3 is 5.97 Å². The van der Waals surface area contributed by atoms with Crippen molar-refractivity contribution in [3.63, 3.8) is 0 Å². The maximum atomic E-state index is 13.7. The Morgan fingerprint density at radius 3 is 2.34 bits per heavy atom. The highest BCUT2D eigenvalue weighted by Gasteiger charge is 2.30. The highest BCUT2D eigenvalue weighted by atomic mass is 35.5. The van der Waals surface area contributed by atoms with E-state index in [1.807, 2.05) is 32.0 Å². The maximum absolute atomic E-state index is 13.7. The van der Waals surface area contributed by atoms with Crippen LogP contribution in [0, 0.1) is 5.92 Å². The van der Waals surface area contributed by atoms with Gasteiger partial charge in [-0.3, -0.25) is 14.3 Å². The van der Waals surface area contributed by atoms with E-state index in [0.717, 1.165) is 5.39 Å². The first-order valence-corrected chi connectivity index (χ1v) is 13.7. The molecule has 0 bridgehead atoms. The minimum absolute atomic E-state index is 0.101. The summed E-state index contributed by atoms with van der Waals surface area (Å²) >= 11 is 6.24. The molecule has 1 N–H and O–H groups in total. The van der Waals surface area contributed by atoms with Crippen molar-refractivity contribution in [1.29, 1.82) is 0 Å². The van der Waals surface area contributed by atoms with Crippen molar-refractivity contribution in [2.75, 3.05) is 14.2 Å². The molecule has 4 aromatic rings. The van der Waals surface area contributed by atoms with E-state index in [2.05, 4.69) is 10.3 Å². The number of aromatic nitrogens is 3. The fraction of sp³-hybridized carbons (Fsp3) is 0.355. The summed E-state index contributed by atoms with van der Waals surface area (Å²) in [5, 5.41) is 4.20. The van der Waals surface area contributed by atoms with Gasteiger partial charge in [0.2, 0.25) is 0 Å². The number of nitrogens with zero attached hydrogens (tertiary/aromatic N) is 3. The van der Waals surface area contributed by atoms with Crippen LogP contribution in [0.1, 0.15) is 51.5 Å². The summed E-state index contributed by atoms with van der Waals surface area (Å²) in [5.74, 6) is 0.546. The molecule has 41 heavy (non-hydrogen) atoms. The largest absolute Gasteiger partial charge is 0.496 e. The van der Waals surface area contributed by atoms with Gasteiger partial charge in [-0.1, -0.05) is 31.5 Å². The minimum Gasteiger partial charge on any atom is -0.496 e. The summed E-state index contributed by atoms with van der Waals surface area (Å²) in [4.78, 5) is 35.9. The van der Waals surface area contributed by atoms with Crippen molar-refractivity contribution in [3.8, 4) is 28.6 Å². The zero-order valence-corrected chi connectivity index (χ0v) is 25.1. The van der Waals surface area contributed by atoms with Gasteiger partial charge in [0.1, 0.15) is 34.4 Å². The molecule has 0 saturated carbocycles. The van der Waals surface area contributed by atoms with Gasteiger partial charge in [0, 0.05) is 22.8 Å². The van der Waals surface area contributed by atoms with Gasteiger partial charge in [-0.05, 0) is 69.5 Å². The number of amides is 1. The lowest BCUT2D eigenvalue weighted by Gasteiger charge is -2.25. The van der Waals surface area contributed by atoms with Crippen LogP contribution in [0.25, 0.3) is 28.0 Å². The average molecular weight is 579 g/mol. The standard InChI is InChI=1S/C31H35ClN4O5/c1-18(2)15-22(30(38)41-31(3,4)5)35-29(37)23-17-36(24-13-14-33-21-16-19(32)11-12-20(21)24)28(34-23)27-25(39-6)9-8-10-26(27)40-7/h8-14,16-18,22H,15H2,1-7H3,(H,35,37)/t22-/m0/s1. The van der Waals surface area contributed by atoms with Crippen LogP contribution in [-0.4, -0.2) is 52.3 Å². The molecule has 0 fully saturated rings. The fourth-order valence-electron chi connectivity index (χ4n) is 4.53. The van der Waals surface area contributed by atoms with E-state index in [4.69, 9.17) is 30.8 Å². The molecule has 216 valence electrons. The molecule has 0 radical (unpaired) electrons. The number of imidazole rings is 1. The first-order chi connectivity index (χ1) is 19.4. The summed E-state index contributed by atoms with van der Waals surface area (Å²) in [6.07, 6.45) is 3.70. The van der Waals surface area contributed by atoms with Crippen LogP contribution >= 0.6 is 11.6 Å². The Morgan fingerprint density at radius 2 is 1.73 bits per heavy atom. The SMILES string of the molecule is COc1cccc(OC)c1-c1nc(C(=O)N[C@@H](CC(C)C)C(=O)OC(C)(C)C)cn1-c1ccnc2cc(Cl)ccc12. The number of rotatable bonds is 9. The topological polar surface area (TPSA) is 105 Å². The lowest BCUT2D eigenvalue weighted by Crippen LogP contribution is -2.45. The predicted molar refractivity (Wildman–Crippen MR) is 159 cm³/mol. The van der Waals surface area contributed by atoms with Crippen LogP contribution in [-0.2, 0) is 9.53 Å². The fourth-order valence-corrected chi connectivity index (χ4v) is 4.69. The number of hydrogen-bond donors (Lipinski definition) is 1. The molecule has 0 saturated heterocycles. The summed E-state index contributed by atoms with van der Waals surface area (Å²) in [5.41, 5.74) is 1.35. The number of hydrogen-bond acceptors (Lipinski definition) is 7. The predicted octanol–water partition coefficient (Wildman–Crippen LogP) is 6.24. The molecule has 1 amide bonds. The lowest BCUT2D eigenvalue weighted by molar-refractivity contribution is -0.157. The van der Waals surface area contributed by atoms with Crippen LogP contribution in [0.4, 0.5) is 0 Å². The van der Waals surface area contributed by atoms with E-state index in [1.165, 1.54) is 0 Å².